The Balaban J connectivity index is 1.77. The first-order chi connectivity index (χ1) is 9.79. The lowest BCUT2D eigenvalue weighted by atomic mass is 10.0. The van der Waals surface area contributed by atoms with Crippen molar-refractivity contribution in [1.29, 1.82) is 0 Å². The Morgan fingerprint density at radius 2 is 2.10 bits per heavy atom. The van der Waals surface area contributed by atoms with Crippen LogP contribution < -0.4 is 5.73 Å². The van der Waals surface area contributed by atoms with E-state index in [0.717, 1.165) is 32.5 Å². The van der Waals surface area contributed by atoms with Gasteiger partial charge in [0, 0.05) is 25.7 Å². The molecule has 1 aromatic carbocycles. The van der Waals surface area contributed by atoms with E-state index in [9.17, 15) is 0 Å². The minimum Gasteiger partial charge on any atom is -0.377 e. The van der Waals surface area contributed by atoms with Crippen LogP contribution in [-0.2, 0) is 11.2 Å². The molecule has 0 amide bonds. The van der Waals surface area contributed by atoms with Gasteiger partial charge in [0.2, 0.25) is 0 Å². The monoisotopic (exact) mass is 276 g/mol. The van der Waals surface area contributed by atoms with Crippen molar-refractivity contribution in [2.45, 2.75) is 44.2 Å². The highest BCUT2D eigenvalue weighted by Gasteiger charge is 2.20. The van der Waals surface area contributed by atoms with Gasteiger partial charge in [-0.05, 0) is 44.7 Å². The van der Waals surface area contributed by atoms with Crippen LogP contribution in [-0.4, -0.2) is 43.8 Å². The molecule has 2 unspecified atom stereocenters. The molecule has 2 N–H and O–H groups in total. The maximum absolute atomic E-state index is 5.96. The summed E-state index contributed by atoms with van der Waals surface area (Å²) in [5.41, 5.74) is 7.36. The maximum atomic E-state index is 5.96. The molecule has 1 heterocycles. The smallest absolute Gasteiger partial charge is 0.0702 e. The van der Waals surface area contributed by atoms with Crippen LogP contribution in [0.2, 0.25) is 0 Å². The van der Waals surface area contributed by atoms with E-state index in [-0.39, 0.29) is 0 Å². The van der Waals surface area contributed by atoms with E-state index < -0.39 is 0 Å². The van der Waals surface area contributed by atoms with Crippen molar-refractivity contribution in [3.05, 3.63) is 35.9 Å². The highest BCUT2D eigenvalue weighted by atomic mass is 16.5. The highest BCUT2D eigenvalue weighted by Crippen LogP contribution is 2.15. The van der Waals surface area contributed by atoms with E-state index in [1.54, 1.807) is 0 Å². The summed E-state index contributed by atoms with van der Waals surface area (Å²) in [6, 6.07) is 11.1. The predicted molar refractivity (Wildman–Crippen MR) is 83.8 cm³/mol. The van der Waals surface area contributed by atoms with Gasteiger partial charge in [-0.1, -0.05) is 30.3 Å². The molecule has 0 saturated carbocycles. The van der Waals surface area contributed by atoms with Crippen molar-refractivity contribution in [3.8, 4) is 0 Å². The fourth-order valence-electron chi connectivity index (χ4n) is 2.92. The van der Waals surface area contributed by atoms with Gasteiger partial charge >= 0.3 is 0 Å². The Morgan fingerprint density at radius 3 is 2.75 bits per heavy atom. The van der Waals surface area contributed by atoms with Gasteiger partial charge in [0.15, 0.2) is 0 Å². The molecule has 1 saturated heterocycles. The van der Waals surface area contributed by atoms with Crippen molar-refractivity contribution >= 4 is 0 Å². The highest BCUT2D eigenvalue weighted by molar-refractivity contribution is 5.14. The average molecular weight is 276 g/mol. The molecule has 0 bridgehead atoms. The summed E-state index contributed by atoms with van der Waals surface area (Å²) >= 11 is 0. The molecule has 1 aliphatic rings. The zero-order valence-corrected chi connectivity index (χ0v) is 12.6. The van der Waals surface area contributed by atoms with Crippen molar-refractivity contribution in [2.75, 3.05) is 26.7 Å². The summed E-state index contributed by atoms with van der Waals surface area (Å²) in [7, 11) is 2.18. The molecule has 0 aromatic heterocycles. The fourth-order valence-corrected chi connectivity index (χ4v) is 2.92. The van der Waals surface area contributed by atoms with Crippen molar-refractivity contribution in [2.24, 2.45) is 5.73 Å². The molecule has 0 aliphatic carbocycles. The quantitative estimate of drug-likeness (QED) is 0.831. The molecule has 0 spiro atoms. The van der Waals surface area contributed by atoms with Gasteiger partial charge in [-0.3, -0.25) is 4.90 Å². The van der Waals surface area contributed by atoms with Gasteiger partial charge in [0.1, 0.15) is 0 Å². The fraction of sp³-hybridized carbons (Fsp3) is 0.647. The van der Waals surface area contributed by atoms with Crippen LogP contribution in [0.15, 0.2) is 30.3 Å². The van der Waals surface area contributed by atoms with Crippen LogP contribution in [0.5, 0.6) is 0 Å². The lowest BCUT2D eigenvalue weighted by Gasteiger charge is -2.32. The van der Waals surface area contributed by atoms with Gasteiger partial charge in [-0.25, -0.2) is 0 Å². The Morgan fingerprint density at radius 1 is 1.30 bits per heavy atom. The van der Waals surface area contributed by atoms with Crippen molar-refractivity contribution in [3.63, 3.8) is 0 Å². The minimum absolute atomic E-state index is 0.402. The number of likely N-dealkylation sites (N-methyl/N-ethyl adjacent to an activating group) is 1. The molecule has 2 atom stereocenters. The third-order valence-corrected chi connectivity index (χ3v) is 4.27. The maximum Gasteiger partial charge on any atom is 0.0702 e. The number of ether oxygens (including phenoxy) is 1. The molecule has 0 radical (unpaired) electrons. The van der Waals surface area contributed by atoms with Crippen LogP contribution in [0.4, 0.5) is 0 Å². The van der Waals surface area contributed by atoms with Crippen molar-refractivity contribution in [1.82, 2.24) is 4.90 Å². The molecule has 1 aromatic rings. The molecule has 112 valence electrons. The first-order valence-corrected chi connectivity index (χ1v) is 7.85. The largest absolute Gasteiger partial charge is 0.377 e. The molecule has 1 fully saturated rings. The Labute approximate surface area is 123 Å². The van der Waals surface area contributed by atoms with E-state index in [0.29, 0.717) is 12.1 Å². The van der Waals surface area contributed by atoms with Gasteiger partial charge in [-0.15, -0.1) is 0 Å². The van der Waals surface area contributed by atoms with Gasteiger partial charge in [0.05, 0.1) is 6.10 Å². The van der Waals surface area contributed by atoms with Gasteiger partial charge in [0.25, 0.3) is 0 Å². The topological polar surface area (TPSA) is 38.5 Å². The second kappa shape index (κ2) is 8.40. The summed E-state index contributed by atoms with van der Waals surface area (Å²) in [6.07, 6.45) is 6.33. The number of hydrogen-bond acceptors (Lipinski definition) is 3. The zero-order chi connectivity index (χ0) is 14.2. The van der Waals surface area contributed by atoms with Gasteiger partial charge in [-0.2, -0.15) is 0 Å². The summed E-state index contributed by atoms with van der Waals surface area (Å²) in [4.78, 5) is 2.39. The molecular weight excluding hydrogens is 248 g/mol. The molecule has 20 heavy (non-hydrogen) atoms. The van der Waals surface area contributed by atoms with E-state index in [4.69, 9.17) is 10.5 Å². The van der Waals surface area contributed by atoms with E-state index in [1.807, 2.05) is 0 Å². The number of hydrogen-bond donors (Lipinski definition) is 1. The van der Waals surface area contributed by atoms with E-state index in [1.165, 1.54) is 24.8 Å². The van der Waals surface area contributed by atoms with Crippen LogP contribution in [0.25, 0.3) is 0 Å². The van der Waals surface area contributed by atoms with Crippen LogP contribution in [0.1, 0.15) is 31.2 Å². The minimum atomic E-state index is 0.402. The first kappa shape index (κ1) is 15.5. The van der Waals surface area contributed by atoms with Crippen LogP contribution in [0.3, 0.4) is 0 Å². The summed E-state index contributed by atoms with van der Waals surface area (Å²) < 4.78 is 5.82. The van der Waals surface area contributed by atoms with Gasteiger partial charge < -0.3 is 10.5 Å². The first-order valence-electron chi connectivity index (χ1n) is 7.85. The van der Waals surface area contributed by atoms with Crippen LogP contribution in [0, 0.1) is 0 Å². The number of benzene rings is 1. The normalized spacial score (nSPS) is 21.1. The molecule has 3 heteroatoms. The third-order valence-electron chi connectivity index (χ3n) is 4.27. The average Bonchev–Trinajstić information content (AvgIpc) is 2.50. The second-order valence-electron chi connectivity index (χ2n) is 5.84. The summed E-state index contributed by atoms with van der Waals surface area (Å²) in [5.74, 6) is 0. The SMILES string of the molecule is CN(CC1CCCCO1)C(CN)CCc1ccccc1. The number of aryl methyl sites for hydroxylation is 1. The Hall–Kier alpha value is -0.900. The number of nitrogens with two attached hydrogens (primary N) is 1. The zero-order valence-electron chi connectivity index (χ0n) is 12.6. The van der Waals surface area contributed by atoms with Crippen molar-refractivity contribution < 1.29 is 4.74 Å². The van der Waals surface area contributed by atoms with E-state index >= 15 is 0 Å². The third kappa shape index (κ3) is 4.89. The molecular formula is C17H28N2O. The summed E-state index contributed by atoms with van der Waals surface area (Å²) in [6.45, 7) is 2.66. The number of rotatable bonds is 7. The molecule has 3 nitrogen and oxygen atoms in total. The standard InChI is InChI=1S/C17H28N2O/c1-19(14-17-9-5-6-12-20-17)16(13-18)11-10-15-7-3-2-4-8-15/h2-4,7-8,16-17H,5-6,9-14,18H2,1H3. The molecule has 1 aliphatic heterocycles. The number of nitrogens with zero attached hydrogens (tertiary/aromatic N) is 1. The summed E-state index contributed by atoms with van der Waals surface area (Å²) in [5, 5.41) is 0. The lowest BCUT2D eigenvalue weighted by molar-refractivity contribution is -0.00809. The lowest BCUT2D eigenvalue weighted by Crippen LogP contribution is -2.43. The Kier molecular flexibility index (Phi) is 6.51. The van der Waals surface area contributed by atoms with E-state index in [2.05, 4.69) is 42.3 Å². The Bertz CT molecular complexity index is 363. The molecule has 2 rings (SSSR count). The second-order valence-corrected chi connectivity index (χ2v) is 5.84. The predicted octanol–water partition coefficient (Wildman–Crippen LogP) is 2.45. The van der Waals surface area contributed by atoms with Crippen LogP contribution >= 0.6 is 0 Å².